The average Bonchev–Trinajstić information content (AvgIpc) is 3.23. The van der Waals surface area contributed by atoms with E-state index in [1.807, 2.05) is 0 Å². The van der Waals surface area contributed by atoms with E-state index >= 15 is 0 Å². The third kappa shape index (κ3) is 2.47. The Morgan fingerprint density at radius 2 is 2.12 bits per heavy atom. The summed E-state index contributed by atoms with van der Waals surface area (Å²) in [6, 6.07) is 0.734. The fourth-order valence-electron chi connectivity index (χ4n) is 2.24. The van der Waals surface area contributed by atoms with Gasteiger partial charge in [-0.05, 0) is 38.0 Å². The Balaban J connectivity index is 1.80. The van der Waals surface area contributed by atoms with Crippen LogP contribution in [0.15, 0.2) is 0 Å². The minimum Gasteiger partial charge on any atom is -0.391 e. The quantitative estimate of drug-likeness (QED) is 0.845. The van der Waals surface area contributed by atoms with Crippen LogP contribution in [0.4, 0.5) is 5.13 Å². The van der Waals surface area contributed by atoms with Gasteiger partial charge < -0.3 is 10.0 Å². The van der Waals surface area contributed by atoms with Crippen molar-refractivity contribution >= 4 is 16.5 Å². The SMILES string of the molecule is CCc1nc(N(CC2CC2)C2CC2)sc1CO. The highest BCUT2D eigenvalue weighted by atomic mass is 32.1. The third-order valence-electron chi connectivity index (χ3n) is 3.63. The zero-order valence-electron chi connectivity index (χ0n) is 10.4. The van der Waals surface area contributed by atoms with E-state index in [0.29, 0.717) is 0 Å². The first-order valence-electron chi connectivity index (χ1n) is 6.68. The van der Waals surface area contributed by atoms with Gasteiger partial charge in [-0.2, -0.15) is 0 Å². The molecule has 2 fully saturated rings. The molecule has 0 spiro atoms. The summed E-state index contributed by atoms with van der Waals surface area (Å²) in [7, 11) is 0. The van der Waals surface area contributed by atoms with Gasteiger partial charge in [0.2, 0.25) is 0 Å². The maximum absolute atomic E-state index is 9.35. The molecule has 1 aromatic heterocycles. The molecule has 3 rings (SSSR count). The molecule has 1 heterocycles. The number of hydrogen-bond donors (Lipinski definition) is 1. The lowest BCUT2D eigenvalue weighted by Crippen LogP contribution is -2.27. The van der Waals surface area contributed by atoms with Gasteiger partial charge in [-0.15, -0.1) is 0 Å². The number of aliphatic hydroxyl groups is 1. The van der Waals surface area contributed by atoms with Crippen LogP contribution in [0, 0.1) is 5.92 Å². The van der Waals surface area contributed by atoms with Crippen molar-refractivity contribution in [2.45, 2.75) is 51.7 Å². The van der Waals surface area contributed by atoms with Crippen molar-refractivity contribution in [3.05, 3.63) is 10.6 Å². The van der Waals surface area contributed by atoms with E-state index in [1.165, 1.54) is 32.2 Å². The second-order valence-electron chi connectivity index (χ2n) is 5.20. The minimum absolute atomic E-state index is 0.142. The molecule has 0 unspecified atom stereocenters. The Bertz CT molecular complexity index is 375. The van der Waals surface area contributed by atoms with Crippen LogP contribution in [0.3, 0.4) is 0 Å². The van der Waals surface area contributed by atoms with Crippen LogP contribution >= 0.6 is 11.3 Å². The smallest absolute Gasteiger partial charge is 0.186 e. The predicted octanol–water partition coefficient (Wildman–Crippen LogP) is 2.58. The van der Waals surface area contributed by atoms with Crippen LogP contribution in [0.25, 0.3) is 0 Å². The van der Waals surface area contributed by atoms with Gasteiger partial charge in [-0.3, -0.25) is 0 Å². The molecule has 2 aliphatic carbocycles. The molecule has 0 aliphatic heterocycles. The van der Waals surface area contributed by atoms with E-state index in [4.69, 9.17) is 4.98 Å². The number of hydrogen-bond acceptors (Lipinski definition) is 4. The number of aliphatic hydroxyl groups excluding tert-OH is 1. The molecule has 3 nitrogen and oxygen atoms in total. The molecule has 0 amide bonds. The molecule has 1 N–H and O–H groups in total. The number of rotatable bonds is 6. The van der Waals surface area contributed by atoms with Crippen LogP contribution < -0.4 is 4.90 Å². The number of nitrogens with zero attached hydrogens (tertiary/aromatic N) is 2. The highest BCUT2D eigenvalue weighted by Gasteiger charge is 2.35. The van der Waals surface area contributed by atoms with E-state index in [9.17, 15) is 5.11 Å². The van der Waals surface area contributed by atoms with Gasteiger partial charge >= 0.3 is 0 Å². The molecule has 94 valence electrons. The molecule has 0 aromatic carbocycles. The Hall–Kier alpha value is -0.610. The number of aromatic nitrogens is 1. The highest BCUT2D eigenvalue weighted by molar-refractivity contribution is 7.15. The maximum atomic E-state index is 9.35. The van der Waals surface area contributed by atoms with Crippen molar-refractivity contribution in [2.75, 3.05) is 11.4 Å². The van der Waals surface area contributed by atoms with Gasteiger partial charge in [-0.25, -0.2) is 4.98 Å². The van der Waals surface area contributed by atoms with Crippen molar-refractivity contribution in [3.63, 3.8) is 0 Å². The van der Waals surface area contributed by atoms with Crippen molar-refractivity contribution in [2.24, 2.45) is 5.92 Å². The molecule has 0 saturated heterocycles. The molecule has 0 radical (unpaired) electrons. The lowest BCUT2D eigenvalue weighted by molar-refractivity contribution is 0.284. The molecular formula is C13H20N2OS. The van der Waals surface area contributed by atoms with Crippen molar-refractivity contribution in [1.29, 1.82) is 0 Å². The maximum Gasteiger partial charge on any atom is 0.186 e. The van der Waals surface area contributed by atoms with Gasteiger partial charge in [0.05, 0.1) is 17.2 Å². The zero-order chi connectivity index (χ0) is 11.8. The summed E-state index contributed by atoms with van der Waals surface area (Å²) in [5.41, 5.74) is 1.09. The second-order valence-corrected chi connectivity index (χ2v) is 6.27. The molecule has 2 saturated carbocycles. The molecule has 2 aliphatic rings. The molecule has 17 heavy (non-hydrogen) atoms. The molecule has 0 atom stereocenters. The summed E-state index contributed by atoms with van der Waals surface area (Å²) in [5.74, 6) is 0.905. The number of thiazole rings is 1. The predicted molar refractivity (Wildman–Crippen MR) is 70.5 cm³/mol. The van der Waals surface area contributed by atoms with E-state index in [-0.39, 0.29) is 6.61 Å². The summed E-state index contributed by atoms with van der Waals surface area (Å²) >= 11 is 1.70. The fourth-order valence-corrected chi connectivity index (χ4v) is 3.33. The summed E-state index contributed by atoms with van der Waals surface area (Å²) in [6.45, 7) is 3.44. The Kier molecular flexibility index (Phi) is 3.09. The van der Waals surface area contributed by atoms with Crippen molar-refractivity contribution in [3.8, 4) is 0 Å². The highest BCUT2D eigenvalue weighted by Crippen LogP contribution is 2.39. The minimum atomic E-state index is 0.142. The lowest BCUT2D eigenvalue weighted by Gasteiger charge is -2.21. The molecule has 0 bridgehead atoms. The fraction of sp³-hybridized carbons (Fsp3) is 0.769. The van der Waals surface area contributed by atoms with Gasteiger partial charge in [0.25, 0.3) is 0 Å². The monoisotopic (exact) mass is 252 g/mol. The Morgan fingerprint density at radius 3 is 2.59 bits per heavy atom. The largest absolute Gasteiger partial charge is 0.391 e. The van der Waals surface area contributed by atoms with Crippen LogP contribution in [0.1, 0.15) is 43.2 Å². The average molecular weight is 252 g/mol. The number of aryl methyl sites for hydroxylation is 1. The first kappa shape index (κ1) is 11.5. The zero-order valence-corrected chi connectivity index (χ0v) is 11.2. The van der Waals surface area contributed by atoms with E-state index < -0.39 is 0 Å². The Labute approximate surface area is 106 Å². The Morgan fingerprint density at radius 1 is 1.35 bits per heavy atom. The van der Waals surface area contributed by atoms with E-state index in [0.717, 1.165) is 34.1 Å². The molecular weight excluding hydrogens is 232 g/mol. The van der Waals surface area contributed by atoms with Crippen LogP contribution in [0.2, 0.25) is 0 Å². The summed E-state index contributed by atoms with van der Waals surface area (Å²) in [4.78, 5) is 8.29. The van der Waals surface area contributed by atoms with Crippen LogP contribution in [0.5, 0.6) is 0 Å². The first-order valence-corrected chi connectivity index (χ1v) is 7.49. The van der Waals surface area contributed by atoms with Gasteiger partial charge in [0, 0.05) is 12.6 Å². The van der Waals surface area contributed by atoms with Gasteiger partial charge in [0.1, 0.15) is 0 Å². The standard InChI is InChI=1S/C13H20N2OS/c1-2-11-12(8-16)17-13(14-11)15(10-5-6-10)7-9-3-4-9/h9-10,16H,2-8H2,1H3. The normalized spacial score (nSPS) is 19.6. The number of anilines is 1. The van der Waals surface area contributed by atoms with E-state index in [1.54, 1.807) is 11.3 Å². The second kappa shape index (κ2) is 4.58. The third-order valence-corrected chi connectivity index (χ3v) is 4.75. The molecule has 1 aromatic rings. The van der Waals surface area contributed by atoms with Crippen LogP contribution in [-0.4, -0.2) is 22.7 Å². The molecule has 4 heteroatoms. The van der Waals surface area contributed by atoms with E-state index in [2.05, 4.69) is 11.8 Å². The summed E-state index contributed by atoms with van der Waals surface area (Å²) < 4.78 is 0. The van der Waals surface area contributed by atoms with Crippen molar-refractivity contribution < 1.29 is 5.11 Å². The summed E-state index contributed by atoms with van der Waals surface area (Å²) in [5, 5.41) is 10.5. The topological polar surface area (TPSA) is 36.4 Å². The summed E-state index contributed by atoms with van der Waals surface area (Å²) in [6.07, 6.45) is 6.35. The first-order chi connectivity index (χ1) is 8.31. The lowest BCUT2D eigenvalue weighted by atomic mass is 10.3. The van der Waals surface area contributed by atoms with Gasteiger partial charge in [0.15, 0.2) is 5.13 Å². The van der Waals surface area contributed by atoms with Crippen LogP contribution in [-0.2, 0) is 13.0 Å². The van der Waals surface area contributed by atoms with Gasteiger partial charge in [-0.1, -0.05) is 18.3 Å². The van der Waals surface area contributed by atoms with Crippen molar-refractivity contribution in [1.82, 2.24) is 4.98 Å².